The summed E-state index contributed by atoms with van der Waals surface area (Å²) in [4.78, 5) is 9.25. The molecule has 7 aromatic rings. The maximum Gasteiger partial charge on any atom is 0.131 e. The van der Waals surface area contributed by atoms with Gasteiger partial charge in [-0.2, -0.15) is 0 Å². The molecule has 269 valence electrons. The van der Waals surface area contributed by atoms with Crippen molar-refractivity contribution in [1.82, 2.24) is 9.97 Å². The average molecular weight is 924 g/mol. The molecule has 0 unspecified atom stereocenters. The van der Waals surface area contributed by atoms with Crippen LogP contribution in [0.2, 0.25) is 17.3 Å². The van der Waals surface area contributed by atoms with E-state index in [-0.39, 0.29) is 25.5 Å². The smallest absolute Gasteiger partial charge is 0.131 e. The van der Waals surface area contributed by atoms with Crippen LogP contribution in [0.1, 0.15) is 56.9 Å². The van der Waals surface area contributed by atoms with E-state index < -0.39 is 13.3 Å². The topological polar surface area (TPSA) is 38.9 Å². The summed E-state index contributed by atoms with van der Waals surface area (Å²) in [5, 5.41) is 2.21. The van der Waals surface area contributed by atoms with Gasteiger partial charge in [0.15, 0.2) is 0 Å². The summed E-state index contributed by atoms with van der Waals surface area (Å²) in [6.07, 6.45) is 5.00. The molecule has 0 amide bonds. The number of hydrogen-bond donors (Lipinski definition) is 0. The summed E-state index contributed by atoms with van der Waals surface area (Å²) in [5.74, 6) is 7.79. The summed E-state index contributed by atoms with van der Waals surface area (Å²) in [5.41, 5.74) is 13.5. The summed E-state index contributed by atoms with van der Waals surface area (Å²) in [6, 6.07) is 38.7. The molecule has 3 nitrogen and oxygen atoms in total. The van der Waals surface area contributed by atoms with Gasteiger partial charge in [0.2, 0.25) is 0 Å². The Bertz CT molecular complexity index is 2290. The van der Waals surface area contributed by atoms with Crippen LogP contribution in [-0.2, 0) is 31.9 Å². The predicted octanol–water partition coefficient (Wildman–Crippen LogP) is 12.3. The fourth-order valence-electron chi connectivity index (χ4n) is 6.62. The van der Waals surface area contributed by atoms with Crippen LogP contribution < -0.4 is 4.40 Å². The SMILES string of the molecule is CC(C)(C)c1cc[c-]c(-c2cc[c]([Ge]([CH3])([CH3])[CH3])cn2)c1.Cc1cccc(C)c1-c1cccc2c1oc1cc(-c3cc(CC(C)C)ccn3)[c-]cc12.[Ir]. The molecule has 3 heterocycles. The zero-order valence-corrected chi connectivity index (χ0v) is 36.7. The number of furan rings is 1. The fourth-order valence-corrected chi connectivity index (χ4v) is 8.79. The number of fused-ring (bicyclic) bond motifs is 3. The molecule has 0 atom stereocenters. The van der Waals surface area contributed by atoms with E-state index in [1.807, 2.05) is 18.3 Å². The van der Waals surface area contributed by atoms with Crippen LogP contribution >= 0.6 is 0 Å². The van der Waals surface area contributed by atoms with Gasteiger partial charge in [-0.05, 0) is 60.0 Å². The second-order valence-electron chi connectivity index (χ2n) is 16.2. The molecule has 0 aliphatic rings. The average Bonchev–Trinajstić information content (AvgIpc) is 3.46. The molecular weight excluding hydrogens is 873 g/mol. The van der Waals surface area contributed by atoms with Gasteiger partial charge in [0, 0.05) is 31.9 Å². The minimum Gasteiger partial charge on any atom is -0.476 e. The third-order valence-electron chi connectivity index (χ3n) is 9.50. The largest absolute Gasteiger partial charge is 0.476 e. The first-order valence-electron chi connectivity index (χ1n) is 18.1. The third kappa shape index (κ3) is 8.85. The van der Waals surface area contributed by atoms with Crippen LogP contribution in [0, 0.1) is 31.9 Å². The maximum atomic E-state index is 6.46. The zero-order valence-electron chi connectivity index (χ0n) is 32.2. The van der Waals surface area contributed by atoms with Gasteiger partial charge in [-0.15, -0.1) is 17.7 Å². The molecule has 0 fully saturated rings. The number of aromatic nitrogens is 2. The first-order chi connectivity index (χ1) is 24.2. The second-order valence-corrected chi connectivity index (χ2v) is 26.9. The molecule has 0 N–H and O–H groups in total. The molecule has 1 radical (unpaired) electrons. The number of para-hydroxylation sites is 1. The van der Waals surface area contributed by atoms with Crippen molar-refractivity contribution in [3.8, 4) is 33.6 Å². The van der Waals surface area contributed by atoms with Crippen LogP contribution in [0.25, 0.3) is 55.6 Å². The fraction of sp³-hybridized carbons (Fsp3) is 0.277. The van der Waals surface area contributed by atoms with Gasteiger partial charge in [-0.3, -0.25) is 0 Å². The van der Waals surface area contributed by atoms with Gasteiger partial charge in [0.05, 0.1) is 5.58 Å². The van der Waals surface area contributed by atoms with Gasteiger partial charge in [-0.1, -0.05) is 73.3 Å². The van der Waals surface area contributed by atoms with Crippen LogP contribution in [0.5, 0.6) is 0 Å². The normalized spacial score (nSPS) is 11.8. The Labute approximate surface area is 327 Å². The predicted molar refractivity (Wildman–Crippen MR) is 219 cm³/mol. The Hall–Kier alpha value is -3.83. The van der Waals surface area contributed by atoms with Crippen molar-refractivity contribution in [2.45, 2.75) is 77.6 Å². The van der Waals surface area contributed by atoms with E-state index >= 15 is 0 Å². The number of hydrogen-bond acceptors (Lipinski definition) is 3. The summed E-state index contributed by atoms with van der Waals surface area (Å²) >= 11 is -1.76. The van der Waals surface area contributed by atoms with E-state index in [9.17, 15) is 0 Å². The first kappa shape index (κ1) is 39.4. The van der Waals surface area contributed by atoms with E-state index in [0.29, 0.717) is 5.92 Å². The monoisotopic (exact) mass is 925 g/mol. The first-order valence-corrected chi connectivity index (χ1v) is 25.4. The summed E-state index contributed by atoms with van der Waals surface area (Å²) < 4.78 is 7.90. The quantitative estimate of drug-likeness (QED) is 0.123. The zero-order chi connectivity index (χ0) is 36.5. The molecule has 0 bridgehead atoms. The molecule has 0 saturated carbocycles. The summed E-state index contributed by atoms with van der Waals surface area (Å²) in [6.45, 7) is 15.5. The van der Waals surface area contributed by atoms with E-state index in [1.165, 1.54) is 32.2 Å². The van der Waals surface area contributed by atoms with Crippen molar-refractivity contribution in [1.29, 1.82) is 0 Å². The van der Waals surface area contributed by atoms with Crippen molar-refractivity contribution in [2.24, 2.45) is 5.92 Å². The Morgan fingerprint density at radius 3 is 2.13 bits per heavy atom. The van der Waals surface area contributed by atoms with Crippen molar-refractivity contribution in [2.75, 3.05) is 0 Å². The number of benzene rings is 4. The maximum absolute atomic E-state index is 6.46. The Morgan fingerprint density at radius 1 is 0.769 bits per heavy atom. The third-order valence-corrected chi connectivity index (χ3v) is 13.8. The number of aryl methyl sites for hydroxylation is 2. The van der Waals surface area contributed by atoms with Crippen LogP contribution in [0.15, 0.2) is 108 Å². The van der Waals surface area contributed by atoms with Crippen LogP contribution in [-0.4, -0.2) is 23.2 Å². The van der Waals surface area contributed by atoms with Crippen molar-refractivity contribution in [3.63, 3.8) is 0 Å². The van der Waals surface area contributed by atoms with Gasteiger partial charge < -0.3 is 9.40 Å². The molecule has 0 spiro atoms. The van der Waals surface area contributed by atoms with Crippen molar-refractivity contribution < 1.29 is 24.5 Å². The molecule has 5 heteroatoms. The van der Waals surface area contributed by atoms with Crippen LogP contribution in [0.3, 0.4) is 0 Å². The van der Waals surface area contributed by atoms with Crippen LogP contribution in [0.4, 0.5) is 0 Å². The molecule has 0 aliphatic carbocycles. The van der Waals surface area contributed by atoms with Gasteiger partial charge in [-0.25, -0.2) is 0 Å². The number of rotatable bonds is 6. The Balaban J connectivity index is 0.000000217. The molecule has 3 aromatic heterocycles. The van der Waals surface area contributed by atoms with Gasteiger partial charge in [0.1, 0.15) is 5.58 Å². The van der Waals surface area contributed by atoms with Gasteiger partial charge in [0.25, 0.3) is 0 Å². The Morgan fingerprint density at radius 2 is 1.48 bits per heavy atom. The van der Waals surface area contributed by atoms with Crippen molar-refractivity contribution in [3.05, 3.63) is 138 Å². The minimum absolute atomic E-state index is 0. The van der Waals surface area contributed by atoms with E-state index in [1.54, 1.807) is 0 Å². The molecule has 52 heavy (non-hydrogen) atoms. The second kappa shape index (κ2) is 16.0. The van der Waals surface area contributed by atoms with E-state index in [2.05, 4.69) is 173 Å². The van der Waals surface area contributed by atoms with E-state index in [0.717, 1.165) is 56.4 Å². The molecule has 4 aromatic carbocycles. The standard InChI is InChI=1S/C29H26NO.C18H24GeN.Ir/c1-18(2)15-21-13-14-30-26(16-21)22-11-12-23-24-9-6-10-25(29(24)31-27(23)17-22)28-19(3)7-5-8-20(28)4;1-18(2,3)15-9-7-8-14(12-15)17-11-10-16(13-20-17)19(4,5)6;/h5-10,12-14,16-18H,15H2,1-4H3;7,9-13H,1-6H3;/q2*-1;. The number of pyridine rings is 2. The number of nitrogens with zero attached hydrogens (tertiary/aromatic N) is 2. The summed E-state index contributed by atoms with van der Waals surface area (Å²) in [7, 11) is 0. The van der Waals surface area contributed by atoms with Crippen molar-refractivity contribution >= 4 is 39.6 Å². The van der Waals surface area contributed by atoms with Gasteiger partial charge >= 0.3 is 126 Å². The van der Waals surface area contributed by atoms with E-state index in [4.69, 9.17) is 4.42 Å². The minimum atomic E-state index is -1.76. The molecule has 7 rings (SSSR count). The molecule has 0 aliphatic heterocycles. The molecule has 0 saturated heterocycles. The molecular formula is C47H50GeIrN2O-2. The Kier molecular flexibility index (Phi) is 12.2.